The molecule has 0 heterocycles. The van der Waals surface area contributed by atoms with Crippen LogP contribution in [0.25, 0.3) is 0 Å². The minimum atomic E-state index is -3.75. The molecule has 0 atom stereocenters. The summed E-state index contributed by atoms with van der Waals surface area (Å²) >= 11 is 3.57. The summed E-state index contributed by atoms with van der Waals surface area (Å²) in [5.41, 5.74) is 9.22. The summed E-state index contributed by atoms with van der Waals surface area (Å²) in [6, 6.07) is 0. The summed E-state index contributed by atoms with van der Waals surface area (Å²) in [6.07, 6.45) is 0. The van der Waals surface area contributed by atoms with Crippen LogP contribution in [0.5, 0.6) is 0 Å². The SMILES string of the molecule is NCC(N)=O.O=S(=O)(O)CCS. The van der Waals surface area contributed by atoms with E-state index in [1.165, 1.54) is 0 Å². The van der Waals surface area contributed by atoms with Crippen molar-refractivity contribution in [1.29, 1.82) is 0 Å². The third kappa shape index (κ3) is 22.6. The average Bonchev–Trinajstić information content (AvgIpc) is 1.86. The van der Waals surface area contributed by atoms with Crippen LogP contribution in [0.2, 0.25) is 0 Å². The Morgan fingerprint density at radius 2 is 1.83 bits per heavy atom. The highest BCUT2D eigenvalue weighted by molar-refractivity contribution is 7.87. The van der Waals surface area contributed by atoms with Crippen molar-refractivity contribution < 1.29 is 17.8 Å². The van der Waals surface area contributed by atoms with Gasteiger partial charge in [0.05, 0.1) is 12.3 Å². The average molecular weight is 216 g/mol. The minimum absolute atomic E-state index is 0.0556. The van der Waals surface area contributed by atoms with Crippen LogP contribution < -0.4 is 11.5 Å². The molecule has 1 amide bonds. The van der Waals surface area contributed by atoms with Crippen LogP contribution in [-0.2, 0) is 14.9 Å². The van der Waals surface area contributed by atoms with Crippen LogP contribution in [0.4, 0.5) is 0 Å². The Morgan fingerprint density at radius 3 is 1.83 bits per heavy atom. The van der Waals surface area contributed by atoms with Gasteiger partial charge in [0, 0.05) is 5.75 Å². The Bertz CT molecular complexity index is 213. The first-order valence-corrected chi connectivity index (χ1v) is 5.12. The molecule has 5 N–H and O–H groups in total. The molecule has 0 aliphatic rings. The zero-order valence-corrected chi connectivity index (χ0v) is 8.01. The Kier molecular flexibility index (Phi) is 8.71. The standard InChI is InChI=1S/C2H6N2O.C2H6O3S2/c3-1-2(4)5;3-7(4,5)2-1-6/h1,3H2,(H2,4,5);6H,1-2H2,(H,3,4,5). The number of carbonyl (C=O) groups excluding carboxylic acids is 1. The van der Waals surface area contributed by atoms with E-state index in [9.17, 15) is 13.2 Å². The van der Waals surface area contributed by atoms with Gasteiger partial charge < -0.3 is 11.5 Å². The summed E-state index contributed by atoms with van der Waals surface area (Å²) in [5, 5.41) is 0. The van der Waals surface area contributed by atoms with E-state index >= 15 is 0 Å². The van der Waals surface area contributed by atoms with Crippen LogP contribution in [-0.4, -0.2) is 36.9 Å². The summed E-state index contributed by atoms with van der Waals surface area (Å²) < 4.78 is 27.4. The van der Waals surface area contributed by atoms with Gasteiger partial charge in [-0.05, 0) is 0 Å². The Hall–Kier alpha value is -0.310. The molecule has 0 aromatic heterocycles. The van der Waals surface area contributed by atoms with E-state index in [1.807, 2.05) is 0 Å². The van der Waals surface area contributed by atoms with Gasteiger partial charge in [-0.15, -0.1) is 0 Å². The fourth-order valence-corrected chi connectivity index (χ4v) is 1.04. The lowest BCUT2D eigenvalue weighted by molar-refractivity contribution is -0.116. The lowest BCUT2D eigenvalue weighted by atomic mass is 10.7. The van der Waals surface area contributed by atoms with Gasteiger partial charge in [0.2, 0.25) is 5.91 Å². The molecule has 0 bridgehead atoms. The maximum atomic E-state index is 9.74. The van der Waals surface area contributed by atoms with E-state index in [-0.39, 0.29) is 18.1 Å². The first-order valence-electron chi connectivity index (χ1n) is 2.88. The normalized spacial score (nSPS) is 9.92. The summed E-state index contributed by atoms with van der Waals surface area (Å²) in [7, 11) is -3.75. The Morgan fingerprint density at radius 1 is 1.50 bits per heavy atom. The molecule has 0 fully saturated rings. The highest BCUT2D eigenvalue weighted by Crippen LogP contribution is 1.81. The molecule has 0 aliphatic heterocycles. The van der Waals surface area contributed by atoms with Gasteiger partial charge in [0.15, 0.2) is 0 Å². The molecule has 0 spiro atoms. The van der Waals surface area contributed by atoms with Crippen molar-refractivity contribution in [3.63, 3.8) is 0 Å². The first kappa shape index (κ1) is 14.2. The summed E-state index contributed by atoms with van der Waals surface area (Å²) in [6.45, 7) is -0.0556. The second kappa shape index (κ2) is 7.35. The molecule has 12 heavy (non-hydrogen) atoms. The first-order chi connectivity index (χ1) is 5.33. The topological polar surface area (TPSA) is 123 Å². The van der Waals surface area contributed by atoms with Gasteiger partial charge in [0.25, 0.3) is 10.1 Å². The lowest BCUT2D eigenvalue weighted by Crippen LogP contribution is -2.21. The van der Waals surface area contributed by atoms with Crippen molar-refractivity contribution in [3.8, 4) is 0 Å². The third-order valence-electron chi connectivity index (χ3n) is 0.550. The van der Waals surface area contributed by atoms with Gasteiger partial charge in [-0.1, -0.05) is 0 Å². The van der Waals surface area contributed by atoms with E-state index in [2.05, 4.69) is 18.4 Å². The summed E-state index contributed by atoms with van der Waals surface area (Å²) in [4.78, 5) is 9.47. The fourth-order valence-electron chi connectivity index (χ4n) is 0.115. The quantitative estimate of drug-likeness (QED) is 0.328. The number of hydrogen-bond donors (Lipinski definition) is 4. The number of hydrogen-bond acceptors (Lipinski definition) is 5. The zero-order chi connectivity index (χ0) is 10.2. The Labute approximate surface area is 76.5 Å². The predicted molar refractivity (Wildman–Crippen MR) is 48.5 cm³/mol. The number of primary amides is 1. The van der Waals surface area contributed by atoms with Crippen molar-refractivity contribution in [2.24, 2.45) is 11.5 Å². The van der Waals surface area contributed by atoms with E-state index in [0.717, 1.165) is 0 Å². The van der Waals surface area contributed by atoms with Gasteiger partial charge in [0.1, 0.15) is 0 Å². The predicted octanol–water partition coefficient (Wildman–Crippen LogP) is -1.77. The second-order valence-electron chi connectivity index (χ2n) is 1.68. The molecule has 8 heteroatoms. The molecule has 0 saturated carbocycles. The molecule has 0 aromatic rings. The van der Waals surface area contributed by atoms with Crippen molar-refractivity contribution >= 4 is 28.7 Å². The molecule has 0 rings (SSSR count). The fraction of sp³-hybridized carbons (Fsp3) is 0.750. The smallest absolute Gasteiger partial charge is 0.265 e. The van der Waals surface area contributed by atoms with Gasteiger partial charge in [-0.3, -0.25) is 9.35 Å². The van der Waals surface area contributed by atoms with Gasteiger partial charge in [-0.25, -0.2) is 0 Å². The van der Waals surface area contributed by atoms with Crippen molar-refractivity contribution in [3.05, 3.63) is 0 Å². The molecular weight excluding hydrogens is 204 g/mol. The van der Waals surface area contributed by atoms with E-state index in [4.69, 9.17) is 10.3 Å². The largest absolute Gasteiger partial charge is 0.369 e. The van der Waals surface area contributed by atoms with Crippen LogP contribution >= 0.6 is 12.6 Å². The van der Waals surface area contributed by atoms with Gasteiger partial charge in [-0.2, -0.15) is 21.0 Å². The van der Waals surface area contributed by atoms with Gasteiger partial charge >= 0.3 is 0 Å². The Balaban J connectivity index is 0. The molecule has 0 aromatic carbocycles. The van der Waals surface area contributed by atoms with Crippen LogP contribution in [0.15, 0.2) is 0 Å². The zero-order valence-electron chi connectivity index (χ0n) is 6.30. The highest BCUT2D eigenvalue weighted by atomic mass is 32.2. The monoisotopic (exact) mass is 216 g/mol. The minimum Gasteiger partial charge on any atom is -0.369 e. The maximum absolute atomic E-state index is 9.74. The third-order valence-corrected chi connectivity index (χ3v) is 1.80. The van der Waals surface area contributed by atoms with Crippen molar-refractivity contribution in [1.82, 2.24) is 0 Å². The second-order valence-corrected chi connectivity index (χ2v) is 3.70. The number of thiol groups is 1. The molecule has 0 radical (unpaired) electrons. The molecular formula is C4H12N2O4S2. The van der Waals surface area contributed by atoms with E-state index in [1.54, 1.807) is 0 Å². The summed E-state index contributed by atoms with van der Waals surface area (Å²) in [5.74, 6) is -0.570. The van der Waals surface area contributed by atoms with Crippen LogP contribution in [0.3, 0.4) is 0 Å². The molecule has 0 unspecified atom stereocenters. The lowest BCUT2D eigenvalue weighted by Gasteiger charge is -1.85. The maximum Gasteiger partial charge on any atom is 0.265 e. The molecule has 6 nitrogen and oxygen atoms in total. The van der Waals surface area contributed by atoms with Crippen LogP contribution in [0, 0.1) is 0 Å². The number of carbonyl (C=O) groups is 1. The number of rotatable bonds is 3. The van der Waals surface area contributed by atoms with E-state index < -0.39 is 16.0 Å². The molecule has 0 saturated heterocycles. The molecule has 74 valence electrons. The number of nitrogens with two attached hydrogens (primary N) is 2. The van der Waals surface area contributed by atoms with E-state index in [0.29, 0.717) is 0 Å². The number of amides is 1. The highest BCUT2D eigenvalue weighted by Gasteiger charge is 1.98. The van der Waals surface area contributed by atoms with Crippen LogP contribution in [0.1, 0.15) is 0 Å². The van der Waals surface area contributed by atoms with Crippen molar-refractivity contribution in [2.75, 3.05) is 18.1 Å². The van der Waals surface area contributed by atoms with Crippen molar-refractivity contribution in [2.45, 2.75) is 0 Å². The molecule has 0 aliphatic carbocycles.